The number of hydrogen-bond acceptors (Lipinski definition) is 5. The van der Waals surface area contributed by atoms with Crippen molar-refractivity contribution in [1.82, 2.24) is 15.3 Å². The number of para-hydroxylation sites is 2. The molecule has 1 saturated heterocycles. The average molecular weight is 296 g/mol. The van der Waals surface area contributed by atoms with E-state index in [-0.39, 0.29) is 12.4 Å². The van der Waals surface area contributed by atoms with Gasteiger partial charge in [-0.1, -0.05) is 12.1 Å². The van der Waals surface area contributed by atoms with Gasteiger partial charge in [-0.2, -0.15) is 0 Å². The first-order chi connectivity index (χ1) is 9.36. The van der Waals surface area contributed by atoms with Crippen LogP contribution in [-0.4, -0.2) is 36.8 Å². The van der Waals surface area contributed by atoms with E-state index in [4.69, 9.17) is 9.47 Å². The summed E-state index contributed by atoms with van der Waals surface area (Å²) in [5.74, 6) is 1.47. The number of fused-ring (bicyclic) bond motifs is 1. The summed E-state index contributed by atoms with van der Waals surface area (Å²) in [6.45, 7) is 2.72. The minimum atomic E-state index is 0. The van der Waals surface area contributed by atoms with Gasteiger partial charge in [0.1, 0.15) is 0 Å². The molecule has 1 unspecified atom stereocenters. The fraction of sp³-hybridized carbons (Fsp3) is 0.429. The Labute approximate surface area is 124 Å². The van der Waals surface area contributed by atoms with E-state index in [1.54, 1.807) is 7.11 Å². The van der Waals surface area contributed by atoms with E-state index in [1.807, 2.05) is 24.3 Å². The molecule has 5 nitrogen and oxygen atoms in total. The number of rotatable bonds is 4. The summed E-state index contributed by atoms with van der Waals surface area (Å²) in [7, 11) is 1.59. The third-order valence-corrected chi connectivity index (χ3v) is 3.32. The van der Waals surface area contributed by atoms with Crippen molar-refractivity contribution in [2.45, 2.75) is 6.42 Å². The number of benzene rings is 1. The molecule has 1 N–H and O–H groups in total. The normalized spacial score (nSPS) is 17.8. The number of nitrogens with zero attached hydrogens (tertiary/aromatic N) is 2. The zero-order valence-electron chi connectivity index (χ0n) is 11.3. The van der Waals surface area contributed by atoms with Gasteiger partial charge in [-0.15, -0.1) is 12.4 Å². The predicted octanol–water partition coefficient (Wildman–Crippen LogP) is 2.05. The summed E-state index contributed by atoms with van der Waals surface area (Å²) < 4.78 is 11.0. The lowest BCUT2D eigenvalue weighted by molar-refractivity contribution is 0.236. The molecule has 6 heteroatoms. The first-order valence-corrected chi connectivity index (χ1v) is 6.51. The van der Waals surface area contributed by atoms with Crippen LogP contribution in [0.2, 0.25) is 0 Å². The molecule has 2 aromatic rings. The summed E-state index contributed by atoms with van der Waals surface area (Å²) >= 11 is 0. The Kier molecular flexibility index (Phi) is 4.98. The van der Waals surface area contributed by atoms with Crippen molar-refractivity contribution in [3.63, 3.8) is 0 Å². The molecule has 0 bridgehead atoms. The van der Waals surface area contributed by atoms with Crippen molar-refractivity contribution in [3.05, 3.63) is 24.3 Å². The zero-order chi connectivity index (χ0) is 13.1. The summed E-state index contributed by atoms with van der Waals surface area (Å²) in [5, 5.41) is 3.32. The van der Waals surface area contributed by atoms with Crippen LogP contribution in [0.5, 0.6) is 11.8 Å². The molecule has 1 aromatic heterocycles. The predicted molar refractivity (Wildman–Crippen MR) is 79.8 cm³/mol. The number of nitrogens with one attached hydrogen (secondary N) is 1. The molecule has 0 saturated carbocycles. The lowest BCUT2D eigenvalue weighted by Gasteiger charge is -2.12. The molecule has 108 valence electrons. The highest BCUT2D eigenvalue weighted by Crippen LogP contribution is 2.25. The van der Waals surface area contributed by atoms with E-state index in [0.29, 0.717) is 24.3 Å². The van der Waals surface area contributed by atoms with Gasteiger partial charge in [0.05, 0.1) is 24.8 Å². The molecule has 1 fully saturated rings. The van der Waals surface area contributed by atoms with E-state index < -0.39 is 0 Å². The third-order valence-electron chi connectivity index (χ3n) is 3.32. The highest BCUT2D eigenvalue weighted by Gasteiger charge is 2.17. The van der Waals surface area contributed by atoms with Gasteiger partial charge in [-0.3, -0.25) is 0 Å². The first kappa shape index (κ1) is 14.8. The van der Waals surface area contributed by atoms with Crippen LogP contribution in [0.15, 0.2) is 24.3 Å². The van der Waals surface area contributed by atoms with Crippen molar-refractivity contribution >= 4 is 23.4 Å². The lowest BCUT2D eigenvalue weighted by atomic mass is 10.1. The first-order valence-electron chi connectivity index (χ1n) is 6.51. The summed E-state index contributed by atoms with van der Waals surface area (Å²) in [4.78, 5) is 8.89. The second-order valence-corrected chi connectivity index (χ2v) is 4.70. The largest absolute Gasteiger partial charge is 0.477 e. The summed E-state index contributed by atoms with van der Waals surface area (Å²) in [6.07, 6.45) is 1.14. The van der Waals surface area contributed by atoms with Gasteiger partial charge in [0, 0.05) is 12.5 Å². The van der Waals surface area contributed by atoms with Crippen molar-refractivity contribution < 1.29 is 9.47 Å². The standard InChI is InChI=1S/C14H17N3O2.ClH/c1-18-13-14(19-9-10-6-7-15-8-10)17-12-5-3-2-4-11(12)16-13;/h2-5,10,15H,6-9H2,1H3;1H. The molecule has 1 aromatic carbocycles. The Morgan fingerprint density at radius 2 is 1.90 bits per heavy atom. The number of methoxy groups -OCH3 is 1. The van der Waals surface area contributed by atoms with E-state index >= 15 is 0 Å². The molecule has 0 spiro atoms. The summed E-state index contributed by atoms with van der Waals surface area (Å²) in [5.41, 5.74) is 1.64. The van der Waals surface area contributed by atoms with Gasteiger partial charge < -0.3 is 14.8 Å². The number of ether oxygens (including phenoxy) is 2. The lowest BCUT2D eigenvalue weighted by Crippen LogP contribution is -2.16. The molecule has 1 atom stereocenters. The smallest absolute Gasteiger partial charge is 0.278 e. The van der Waals surface area contributed by atoms with Gasteiger partial charge in [0.2, 0.25) is 0 Å². The second-order valence-electron chi connectivity index (χ2n) is 4.70. The highest BCUT2D eigenvalue weighted by atomic mass is 35.5. The molecule has 2 heterocycles. The molecule has 0 radical (unpaired) electrons. The number of halogens is 1. The zero-order valence-corrected chi connectivity index (χ0v) is 12.2. The maximum Gasteiger partial charge on any atom is 0.278 e. The Hall–Kier alpha value is -1.59. The molecule has 3 rings (SSSR count). The van der Waals surface area contributed by atoms with Gasteiger partial charge in [-0.05, 0) is 25.1 Å². The van der Waals surface area contributed by atoms with Crippen LogP contribution in [0.3, 0.4) is 0 Å². The number of hydrogen-bond donors (Lipinski definition) is 1. The summed E-state index contributed by atoms with van der Waals surface area (Å²) in [6, 6.07) is 7.70. The van der Waals surface area contributed by atoms with E-state index in [0.717, 1.165) is 30.5 Å². The number of aromatic nitrogens is 2. The van der Waals surface area contributed by atoms with Crippen LogP contribution in [0, 0.1) is 5.92 Å². The van der Waals surface area contributed by atoms with Gasteiger partial charge in [-0.25, -0.2) is 9.97 Å². The maximum atomic E-state index is 5.78. The SMILES string of the molecule is COc1nc2ccccc2nc1OCC1CCNC1.Cl. The molecule has 1 aliphatic rings. The third kappa shape index (κ3) is 3.11. The van der Waals surface area contributed by atoms with Gasteiger partial charge in [0.15, 0.2) is 0 Å². The molecule has 20 heavy (non-hydrogen) atoms. The van der Waals surface area contributed by atoms with Gasteiger partial charge in [0.25, 0.3) is 11.8 Å². The molecular formula is C14H18ClN3O2. The Morgan fingerprint density at radius 3 is 2.50 bits per heavy atom. The molecule has 1 aliphatic heterocycles. The van der Waals surface area contributed by atoms with Crippen LogP contribution in [0.25, 0.3) is 11.0 Å². The van der Waals surface area contributed by atoms with Crippen LogP contribution in [0.1, 0.15) is 6.42 Å². The maximum absolute atomic E-state index is 5.78. The fourth-order valence-corrected chi connectivity index (χ4v) is 2.25. The minimum Gasteiger partial charge on any atom is -0.477 e. The van der Waals surface area contributed by atoms with Crippen LogP contribution in [-0.2, 0) is 0 Å². The molecule has 0 aliphatic carbocycles. The van der Waals surface area contributed by atoms with Crippen molar-refractivity contribution in [2.75, 3.05) is 26.8 Å². The van der Waals surface area contributed by atoms with Crippen LogP contribution in [0.4, 0.5) is 0 Å². The highest BCUT2D eigenvalue weighted by molar-refractivity contribution is 5.85. The molecule has 0 amide bonds. The fourth-order valence-electron chi connectivity index (χ4n) is 2.25. The van der Waals surface area contributed by atoms with E-state index in [9.17, 15) is 0 Å². The van der Waals surface area contributed by atoms with Crippen molar-refractivity contribution in [1.29, 1.82) is 0 Å². The van der Waals surface area contributed by atoms with Crippen molar-refractivity contribution in [2.24, 2.45) is 5.92 Å². The van der Waals surface area contributed by atoms with Crippen LogP contribution < -0.4 is 14.8 Å². The minimum absolute atomic E-state index is 0. The Balaban J connectivity index is 0.00000147. The average Bonchev–Trinajstić information content (AvgIpc) is 2.97. The Morgan fingerprint density at radius 1 is 1.20 bits per heavy atom. The van der Waals surface area contributed by atoms with Crippen molar-refractivity contribution in [3.8, 4) is 11.8 Å². The quantitative estimate of drug-likeness (QED) is 0.935. The second kappa shape index (κ2) is 6.72. The van der Waals surface area contributed by atoms with E-state index in [2.05, 4.69) is 15.3 Å². The topological polar surface area (TPSA) is 56.3 Å². The Bertz CT molecular complexity index is 573. The van der Waals surface area contributed by atoms with Crippen LogP contribution >= 0.6 is 12.4 Å². The van der Waals surface area contributed by atoms with Gasteiger partial charge >= 0.3 is 0 Å². The molecular weight excluding hydrogens is 278 g/mol. The van der Waals surface area contributed by atoms with E-state index in [1.165, 1.54) is 0 Å². The monoisotopic (exact) mass is 295 g/mol.